The van der Waals surface area contributed by atoms with Crippen LogP contribution in [0.4, 0.5) is 20.8 Å². The molecule has 2 fully saturated rings. The zero-order valence-electron chi connectivity index (χ0n) is 22.1. The quantitative estimate of drug-likeness (QED) is 0.603. The molecule has 2 aliphatic rings. The van der Waals surface area contributed by atoms with Gasteiger partial charge in [-0.05, 0) is 45.9 Å². The Morgan fingerprint density at radius 1 is 1.11 bits per heavy atom. The lowest BCUT2D eigenvalue weighted by Crippen LogP contribution is -2.60. The SMILES string of the molecule is CC(=O)[C@@H]1CN(C(C)(C)C)CCN1c1ncc(-c2ccc(N3CC(N(C)C(C)=O)OC3=O)cc2F)cn1. The lowest BCUT2D eigenvalue weighted by molar-refractivity contribution is -0.134. The molecule has 4 rings (SSSR count). The molecule has 3 heterocycles. The van der Waals surface area contributed by atoms with Gasteiger partial charge in [0.15, 0.2) is 12.0 Å². The summed E-state index contributed by atoms with van der Waals surface area (Å²) in [6.45, 7) is 11.4. The minimum absolute atomic E-state index is 0.0421. The summed E-state index contributed by atoms with van der Waals surface area (Å²) in [6.07, 6.45) is 1.69. The molecule has 2 saturated heterocycles. The maximum absolute atomic E-state index is 15.1. The van der Waals surface area contributed by atoms with Crippen molar-refractivity contribution in [3.05, 3.63) is 36.4 Å². The molecule has 0 spiro atoms. The number of carbonyl (C=O) groups is 3. The molecule has 0 saturated carbocycles. The number of nitrogens with zero attached hydrogens (tertiary/aromatic N) is 6. The first-order chi connectivity index (χ1) is 17.4. The van der Waals surface area contributed by atoms with Crippen LogP contribution in [0.1, 0.15) is 34.6 Å². The fraction of sp³-hybridized carbons (Fsp3) is 0.500. The van der Waals surface area contributed by atoms with Crippen LogP contribution in [0.3, 0.4) is 0 Å². The van der Waals surface area contributed by atoms with E-state index in [0.29, 0.717) is 30.3 Å². The van der Waals surface area contributed by atoms with Gasteiger partial charge in [-0.3, -0.25) is 19.4 Å². The molecule has 2 atom stereocenters. The van der Waals surface area contributed by atoms with Gasteiger partial charge in [0.05, 0.1) is 12.2 Å². The topological polar surface area (TPSA) is 99.2 Å². The molecule has 198 valence electrons. The van der Waals surface area contributed by atoms with Crippen molar-refractivity contribution >= 4 is 29.4 Å². The second-order valence-corrected chi connectivity index (χ2v) is 10.5. The molecule has 2 amide bonds. The number of halogens is 1. The lowest BCUT2D eigenvalue weighted by atomic mass is 10.0. The van der Waals surface area contributed by atoms with Crippen molar-refractivity contribution in [1.29, 1.82) is 0 Å². The van der Waals surface area contributed by atoms with Crippen molar-refractivity contribution in [2.24, 2.45) is 0 Å². The highest BCUT2D eigenvalue weighted by Crippen LogP contribution is 2.30. The van der Waals surface area contributed by atoms with Crippen molar-refractivity contribution in [1.82, 2.24) is 19.8 Å². The van der Waals surface area contributed by atoms with E-state index in [0.717, 1.165) is 6.54 Å². The Kier molecular flexibility index (Phi) is 7.18. The molecule has 1 unspecified atom stereocenters. The summed E-state index contributed by atoms with van der Waals surface area (Å²) in [6, 6.07) is 4.05. The van der Waals surface area contributed by atoms with Gasteiger partial charge in [0.25, 0.3) is 0 Å². The summed E-state index contributed by atoms with van der Waals surface area (Å²) in [5.41, 5.74) is 1.02. The van der Waals surface area contributed by atoms with Crippen LogP contribution in [0.15, 0.2) is 30.6 Å². The molecule has 1 aromatic heterocycles. The highest BCUT2D eigenvalue weighted by Gasteiger charge is 2.37. The van der Waals surface area contributed by atoms with Gasteiger partial charge in [0.1, 0.15) is 11.9 Å². The maximum atomic E-state index is 15.1. The maximum Gasteiger partial charge on any atom is 0.416 e. The number of ether oxygens (including phenoxy) is 1. The van der Waals surface area contributed by atoms with Gasteiger partial charge < -0.3 is 14.5 Å². The number of carbonyl (C=O) groups excluding carboxylic acids is 3. The number of likely N-dealkylation sites (N-methyl/N-ethyl adjacent to an activating group) is 1. The van der Waals surface area contributed by atoms with Crippen LogP contribution < -0.4 is 9.80 Å². The van der Waals surface area contributed by atoms with Crippen molar-refractivity contribution in [3.63, 3.8) is 0 Å². The average molecular weight is 513 g/mol. The van der Waals surface area contributed by atoms with Gasteiger partial charge in [-0.15, -0.1) is 0 Å². The van der Waals surface area contributed by atoms with E-state index in [1.165, 1.54) is 35.2 Å². The third-order valence-electron chi connectivity index (χ3n) is 6.99. The molecule has 2 aliphatic heterocycles. The number of benzene rings is 1. The van der Waals surface area contributed by atoms with E-state index < -0.39 is 18.1 Å². The average Bonchev–Trinajstić information content (AvgIpc) is 3.24. The molecule has 0 bridgehead atoms. The van der Waals surface area contributed by atoms with E-state index in [1.807, 2.05) is 4.90 Å². The van der Waals surface area contributed by atoms with Crippen molar-refractivity contribution < 1.29 is 23.5 Å². The van der Waals surface area contributed by atoms with Crippen LogP contribution >= 0.6 is 0 Å². The Labute approximate surface area is 216 Å². The smallest absolute Gasteiger partial charge is 0.416 e. The molecule has 37 heavy (non-hydrogen) atoms. The first-order valence-electron chi connectivity index (χ1n) is 12.2. The Bertz CT molecular complexity index is 1200. The van der Waals surface area contributed by atoms with E-state index in [2.05, 4.69) is 35.6 Å². The molecule has 11 heteroatoms. The van der Waals surface area contributed by atoms with Gasteiger partial charge in [-0.2, -0.15) is 0 Å². The predicted octanol–water partition coefficient (Wildman–Crippen LogP) is 2.92. The number of hydrogen-bond donors (Lipinski definition) is 0. The van der Waals surface area contributed by atoms with E-state index in [4.69, 9.17) is 4.74 Å². The zero-order chi connectivity index (χ0) is 27.1. The van der Waals surface area contributed by atoms with Crippen LogP contribution in [-0.4, -0.2) is 88.6 Å². The third-order valence-corrected chi connectivity index (χ3v) is 6.99. The van der Waals surface area contributed by atoms with Crippen molar-refractivity contribution in [3.8, 4) is 11.1 Å². The number of rotatable bonds is 5. The summed E-state index contributed by atoms with van der Waals surface area (Å²) in [5, 5.41) is 0. The van der Waals surface area contributed by atoms with Crippen LogP contribution in [0, 0.1) is 5.82 Å². The minimum Gasteiger partial charge on any atom is -0.423 e. The summed E-state index contributed by atoms with van der Waals surface area (Å²) >= 11 is 0. The first kappa shape index (κ1) is 26.5. The summed E-state index contributed by atoms with van der Waals surface area (Å²) in [7, 11) is 1.54. The Morgan fingerprint density at radius 3 is 2.35 bits per heavy atom. The molecule has 0 radical (unpaired) electrons. The van der Waals surface area contributed by atoms with Crippen LogP contribution in [-0.2, 0) is 14.3 Å². The number of amides is 2. The molecule has 0 N–H and O–H groups in total. The second-order valence-electron chi connectivity index (χ2n) is 10.5. The number of piperazine rings is 1. The van der Waals surface area contributed by atoms with Gasteiger partial charge >= 0.3 is 6.09 Å². The summed E-state index contributed by atoms with van der Waals surface area (Å²) in [4.78, 5) is 52.0. The number of cyclic esters (lactones) is 1. The fourth-order valence-electron chi connectivity index (χ4n) is 4.56. The van der Waals surface area contributed by atoms with Crippen molar-refractivity contribution in [2.75, 3.05) is 43.0 Å². The highest BCUT2D eigenvalue weighted by atomic mass is 19.1. The first-order valence-corrected chi connectivity index (χ1v) is 12.2. The zero-order valence-corrected chi connectivity index (χ0v) is 22.1. The molecule has 10 nitrogen and oxygen atoms in total. The normalized spacial score (nSPS) is 20.7. The fourth-order valence-corrected chi connectivity index (χ4v) is 4.56. The standard InChI is InChI=1S/C26H33FN6O4/c1-16(34)22-14-31(26(3,4)5)9-10-32(22)24-28-12-18(13-29-24)20-8-7-19(11-21(20)27)33-15-23(37-25(33)36)30(6)17(2)35/h7-8,11-13,22-23H,9-10,14-15H2,1-6H3/t22-,23?/m0/s1. The number of anilines is 2. The Balaban J connectivity index is 1.51. The summed E-state index contributed by atoms with van der Waals surface area (Å²) in [5.74, 6) is -0.323. The Hall–Kier alpha value is -3.60. The second kappa shape index (κ2) is 10.0. The van der Waals surface area contributed by atoms with Gasteiger partial charge in [-0.1, -0.05) is 0 Å². The molecule has 2 aromatic rings. The number of hydrogen-bond acceptors (Lipinski definition) is 8. The molecular weight excluding hydrogens is 479 g/mol. The summed E-state index contributed by atoms with van der Waals surface area (Å²) < 4.78 is 20.4. The largest absolute Gasteiger partial charge is 0.423 e. The number of ketones is 1. The van der Waals surface area contributed by atoms with Crippen LogP contribution in [0.2, 0.25) is 0 Å². The monoisotopic (exact) mass is 512 g/mol. The number of Topliss-reactive ketones (excluding diaryl/α,β-unsaturated/α-hetero) is 1. The van der Waals surface area contributed by atoms with Gasteiger partial charge in [0.2, 0.25) is 11.9 Å². The van der Waals surface area contributed by atoms with E-state index in [9.17, 15) is 14.4 Å². The van der Waals surface area contributed by atoms with Gasteiger partial charge in [-0.25, -0.2) is 19.2 Å². The predicted molar refractivity (Wildman–Crippen MR) is 137 cm³/mol. The Morgan fingerprint density at radius 2 is 1.78 bits per heavy atom. The number of aromatic nitrogens is 2. The highest BCUT2D eigenvalue weighted by molar-refractivity contribution is 5.90. The van der Waals surface area contributed by atoms with E-state index in [1.54, 1.807) is 26.1 Å². The van der Waals surface area contributed by atoms with Crippen LogP contribution in [0.25, 0.3) is 11.1 Å². The third kappa shape index (κ3) is 5.41. The van der Waals surface area contributed by atoms with Crippen molar-refractivity contribution in [2.45, 2.75) is 52.4 Å². The van der Waals surface area contributed by atoms with Gasteiger partial charge in [0, 0.05) is 62.7 Å². The lowest BCUT2D eigenvalue weighted by Gasteiger charge is -2.45. The van der Waals surface area contributed by atoms with E-state index in [-0.39, 0.29) is 35.4 Å². The molecule has 1 aromatic carbocycles. The van der Waals surface area contributed by atoms with E-state index >= 15 is 4.39 Å². The minimum atomic E-state index is -0.738. The van der Waals surface area contributed by atoms with Crippen LogP contribution in [0.5, 0.6) is 0 Å². The molecular formula is C26H33FN6O4. The molecule has 0 aliphatic carbocycles.